The largest absolute Gasteiger partial charge is 0.475 e. The molecular weight excluding hydrogens is 723 g/mol. The third kappa shape index (κ3) is 6.85. The van der Waals surface area contributed by atoms with Gasteiger partial charge in [-0.25, -0.2) is 18.4 Å². The minimum atomic E-state index is -3.87. The van der Waals surface area contributed by atoms with Gasteiger partial charge in [-0.15, -0.1) is 4.36 Å². The van der Waals surface area contributed by atoms with Crippen molar-refractivity contribution in [2.75, 3.05) is 18.5 Å². The van der Waals surface area contributed by atoms with Gasteiger partial charge in [-0.05, 0) is 95.6 Å². The van der Waals surface area contributed by atoms with Crippen molar-refractivity contribution < 1.29 is 18.2 Å². The van der Waals surface area contributed by atoms with E-state index in [2.05, 4.69) is 54.3 Å². The van der Waals surface area contributed by atoms with Crippen LogP contribution in [0.3, 0.4) is 0 Å². The van der Waals surface area contributed by atoms with E-state index in [0.717, 1.165) is 60.9 Å². The minimum Gasteiger partial charge on any atom is -0.475 e. The number of urea groups is 1. The maximum Gasteiger partial charge on any atom is 0.354 e. The molecule has 1 unspecified atom stereocenters. The van der Waals surface area contributed by atoms with Crippen molar-refractivity contribution >= 4 is 30.0 Å². The molecule has 2 amide bonds. The van der Waals surface area contributed by atoms with Gasteiger partial charge in [0.2, 0.25) is 5.88 Å². The number of carbonyl (C=O) groups excluding carboxylic acids is 1. The van der Waals surface area contributed by atoms with Gasteiger partial charge in [0.25, 0.3) is 0 Å². The Bertz CT molecular complexity index is 2200. The second kappa shape index (κ2) is 14.5. The summed E-state index contributed by atoms with van der Waals surface area (Å²) in [6.07, 6.45) is 7.42. The Kier molecular flexibility index (Phi) is 9.86. The number of nitrogens with zero attached hydrogens (tertiary/aromatic N) is 3. The van der Waals surface area contributed by atoms with Crippen molar-refractivity contribution in [3.8, 4) is 5.88 Å². The lowest BCUT2D eigenvalue weighted by Gasteiger charge is -2.37. The monoisotopic (exact) mass is 773 g/mol. The van der Waals surface area contributed by atoms with Gasteiger partial charge in [0.05, 0.1) is 12.8 Å². The molecule has 2 N–H and O–H groups in total. The van der Waals surface area contributed by atoms with Crippen LogP contribution in [-0.2, 0) is 45.6 Å². The molecule has 0 bridgehead atoms. The molecule has 0 fully saturated rings. The number of nitrogens with one attached hydrogen (secondary N) is 2. The standard InChI is InChI=1S/C44H51N5O4SSi/c1-43(2,3)55(4,5)53-30-36-29-52-41-39(28-45-49(36)41)54(51,47-42(50)46-40-37-25-15-17-31(37)27-32-18-16-26-38(32)40)48-44(33-19-9-6-10-20-33,34-21-11-7-12-22-34)35-23-13-8-14-24-35/h6-14,19-24,27-28,36H,15-18,25-26,29-30H2,1-5H3,(H2,46,47,48,50,51)/t36-,54?/m0/s1. The number of hydrogen-bond acceptors (Lipinski definition) is 5. The minimum absolute atomic E-state index is 0.0314. The average Bonchev–Trinajstić information content (AvgIpc) is 4.00. The maximum atomic E-state index is 16.3. The lowest BCUT2D eigenvalue weighted by Crippen LogP contribution is -2.48. The molecule has 8 rings (SSSR count). The average molecular weight is 774 g/mol. The third-order valence-electron chi connectivity index (χ3n) is 12.0. The molecule has 11 heteroatoms. The molecule has 286 valence electrons. The molecule has 2 aliphatic carbocycles. The van der Waals surface area contributed by atoms with Gasteiger partial charge >= 0.3 is 6.03 Å². The number of anilines is 1. The fourth-order valence-corrected chi connectivity index (χ4v) is 11.0. The van der Waals surface area contributed by atoms with Crippen LogP contribution in [0.5, 0.6) is 5.88 Å². The summed E-state index contributed by atoms with van der Waals surface area (Å²) in [5, 5.41) is 7.97. The van der Waals surface area contributed by atoms with E-state index in [-0.39, 0.29) is 16.0 Å². The van der Waals surface area contributed by atoms with E-state index in [9.17, 15) is 4.79 Å². The Morgan fingerprint density at radius 2 is 1.40 bits per heavy atom. The number of aryl methyl sites for hydroxylation is 2. The van der Waals surface area contributed by atoms with E-state index < -0.39 is 29.8 Å². The molecule has 55 heavy (non-hydrogen) atoms. The first-order chi connectivity index (χ1) is 26.4. The Morgan fingerprint density at radius 1 is 0.873 bits per heavy atom. The molecule has 1 aliphatic heterocycles. The van der Waals surface area contributed by atoms with Gasteiger partial charge in [-0.3, -0.25) is 0 Å². The number of hydrogen-bond donors (Lipinski definition) is 2. The predicted molar refractivity (Wildman–Crippen MR) is 221 cm³/mol. The highest BCUT2D eigenvalue weighted by molar-refractivity contribution is 7.92. The van der Waals surface area contributed by atoms with Crippen LogP contribution in [0.15, 0.2) is 113 Å². The van der Waals surface area contributed by atoms with Crippen molar-refractivity contribution in [3.63, 3.8) is 0 Å². The van der Waals surface area contributed by atoms with E-state index in [1.54, 1.807) is 10.9 Å². The Hall–Kier alpha value is -4.55. The molecule has 4 aromatic carbocycles. The molecule has 0 radical (unpaired) electrons. The van der Waals surface area contributed by atoms with Gasteiger partial charge in [0.15, 0.2) is 18.2 Å². The number of aromatic nitrogens is 2. The molecule has 3 aliphatic rings. The molecule has 9 nitrogen and oxygen atoms in total. The zero-order valence-electron chi connectivity index (χ0n) is 32.4. The first-order valence-corrected chi connectivity index (χ1v) is 23.9. The molecule has 0 saturated heterocycles. The Morgan fingerprint density at radius 3 is 1.91 bits per heavy atom. The van der Waals surface area contributed by atoms with E-state index in [1.165, 1.54) is 22.3 Å². The normalized spacial score (nSPS) is 17.5. The number of rotatable bonds is 10. The Labute approximate surface area is 326 Å². The summed E-state index contributed by atoms with van der Waals surface area (Å²) in [7, 11) is -5.95. The lowest BCUT2D eigenvalue weighted by atomic mass is 9.78. The molecule has 2 heterocycles. The summed E-state index contributed by atoms with van der Waals surface area (Å²) >= 11 is 0. The van der Waals surface area contributed by atoms with Crippen LogP contribution < -0.4 is 14.8 Å². The fraction of sp³-hybridized carbons (Fsp3) is 0.364. The van der Waals surface area contributed by atoms with E-state index in [1.807, 2.05) is 91.0 Å². The highest BCUT2D eigenvalue weighted by Crippen LogP contribution is 2.43. The smallest absolute Gasteiger partial charge is 0.354 e. The van der Waals surface area contributed by atoms with Crippen molar-refractivity contribution in [2.45, 2.75) is 93.9 Å². The first-order valence-electron chi connectivity index (χ1n) is 19.4. The van der Waals surface area contributed by atoms with Gasteiger partial charge in [0.1, 0.15) is 23.1 Å². The number of amides is 2. The van der Waals surface area contributed by atoms with Crippen LogP contribution in [0, 0.1) is 0 Å². The molecular formula is C44H51N5O4SSi. The van der Waals surface area contributed by atoms with Crippen LogP contribution in [0.25, 0.3) is 0 Å². The summed E-state index contributed by atoms with van der Waals surface area (Å²) in [6, 6.07) is 31.2. The van der Waals surface area contributed by atoms with Crippen molar-refractivity contribution in [1.82, 2.24) is 14.5 Å². The van der Waals surface area contributed by atoms with E-state index in [4.69, 9.17) is 14.3 Å². The number of ether oxygens (including phenoxy) is 1. The highest BCUT2D eigenvalue weighted by atomic mass is 32.2. The van der Waals surface area contributed by atoms with Crippen LogP contribution in [0.4, 0.5) is 10.5 Å². The zero-order chi connectivity index (χ0) is 38.4. The number of fused-ring (bicyclic) bond motifs is 3. The van der Waals surface area contributed by atoms with Gasteiger partial charge in [-0.1, -0.05) is 118 Å². The molecule has 1 aromatic heterocycles. The van der Waals surface area contributed by atoms with Crippen LogP contribution in [0.2, 0.25) is 18.1 Å². The topological polar surface area (TPSA) is 107 Å². The van der Waals surface area contributed by atoms with Crippen LogP contribution >= 0.6 is 0 Å². The molecule has 0 spiro atoms. The van der Waals surface area contributed by atoms with Gasteiger partial charge < -0.3 is 14.5 Å². The first kappa shape index (κ1) is 37.4. The zero-order valence-corrected chi connectivity index (χ0v) is 34.2. The summed E-state index contributed by atoms with van der Waals surface area (Å²) in [6.45, 7) is 11.8. The summed E-state index contributed by atoms with van der Waals surface area (Å²) < 4.78 is 39.3. The van der Waals surface area contributed by atoms with Crippen LogP contribution in [0.1, 0.15) is 78.6 Å². The van der Waals surface area contributed by atoms with Gasteiger partial charge in [0, 0.05) is 5.69 Å². The maximum absolute atomic E-state index is 16.3. The third-order valence-corrected chi connectivity index (χ3v) is 18.4. The predicted octanol–water partition coefficient (Wildman–Crippen LogP) is 9.37. The van der Waals surface area contributed by atoms with Crippen molar-refractivity contribution in [3.05, 3.63) is 142 Å². The van der Waals surface area contributed by atoms with Crippen molar-refractivity contribution in [1.29, 1.82) is 0 Å². The highest BCUT2D eigenvalue weighted by Gasteiger charge is 2.44. The second-order valence-corrected chi connectivity index (χ2v) is 23.2. The molecule has 5 aromatic rings. The summed E-state index contributed by atoms with van der Waals surface area (Å²) in [5.74, 6) is 0.322. The molecule has 2 atom stereocenters. The second-order valence-electron chi connectivity index (χ2n) is 16.5. The quantitative estimate of drug-likeness (QED) is 0.109. The summed E-state index contributed by atoms with van der Waals surface area (Å²) in [5.41, 5.74) is 7.07. The Balaban J connectivity index is 1.29. The number of carbonyl (C=O) groups is 1. The van der Waals surface area contributed by atoms with E-state index >= 15 is 4.21 Å². The SMILES string of the molecule is CC(C)(C)[Si](C)(C)OC[C@@H]1COc2c(S(=O)(=NC(=O)Nc3c4c(cc5c3CCC5)CCC4)NC(c3ccccc3)(c3ccccc3)c3ccccc3)cnn21. The van der Waals surface area contributed by atoms with Crippen molar-refractivity contribution in [2.24, 2.45) is 4.36 Å². The van der Waals surface area contributed by atoms with Crippen LogP contribution in [-0.4, -0.2) is 41.6 Å². The van der Waals surface area contributed by atoms with E-state index in [0.29, 0.717) is 19.1 Å². The summed E-state index contributed by atoms with van der Waals surface area (Å²) in [4.78, 5) is 14.7. The lowest BCUT2D eigenvalue weighted by molar-refractivity contribution is 0.208. The number of benzene rings is 4. The van der Waals surface area contributed by atoms with Gasteiger partial charge in [-0.2, -0.15) is 5.10 Å². The fourth-order valence-electron chi connectivity index (χ4n) is 8.10. The molecule has 0 saturated carbocycles.